The molecule has 7 heteroatoms. The number of nitriles is 1. The minimum Gasteiger partial charge on any atom is -0.497 e. The van der Waals surface area contributed by atoms with Gasteiger partial charge >= 0.3 is 0 Å². The van der Waals surface area contributed by atoms with Gasteiger partial charge in [0.1, 0.15) is 17.4 Å². The highest BCUT2D eigenvalue weighted by Crippen LogP contribution is 2.29. The van der Waals surface area contributed by atoms with Gasteiger partial charge in [-0.1, -0.05) is 6.07 Å². The summed E-state index contributed by atoms with van der Waals surface area (Å²) in [5.41, 5.74) is 0.355. The van der Waals surface area contributed by atoms with Crippen molar-refractivity contribution in [3.05, 3.63) is 45.7 Å². The van der Waals surface area contributed by atoms with Gasteiger partial charge < -0.3 is 9.84 Å². The van der Waals surface area contributed by atoms with Gasteiger partial charge in [0.2, 0.25) is 5.88 Å². The number of aromatic hydroxyl groups is 1. The normalized spacial score (nSPS) is 11.0. The molecule has 0 bridgehead atoms. The number of nitrogens with zero attached hydrogens (tertiary/aromatic N) is 4. The molecule has 124 valence electrons. The van der Waals surface area contributed by atoms with Crippen LogP contribution in [-0.2, 0) is 0 Å². The van der Waals surface area contributed by atoms with Crippen LogP contribution in [-0.4, -0.2) is 16.8 Å². The smallest absolute Gasteiger partial charge is 0.281 e. The number of methoxy groups -OCH3 is 1. The lowest BCUT2D eigenvalue weighted by molar-refractivity contribution is 0.386. The molecular weight excluding hydrogens is 308 g/mol. The average molecular weight is 326 g/mol. The first kappa shape index (κ1) is 17.2. The van der Waals surface area contributed by atoms with Crippen LogP contribution >= 0.6 is 0 Å². The lowest BCUT2D eigenvalue weighted by atomic mass is 10.1. The van der Waals surface area contributed by atoms with E-state index in [-0.39, 0.29) is 23.2 Å². The van der Waals surface area contributed by atoms with Crippen molar-refractivity contribution < 1.29 is 9.84 Å². The van der Waals surface area contributed by atoms with Crippen LogP contribution < -0.4 is 10.3 Å². The van der Waals surface area contributed by atoms with E-state index in [9.17, 15) is 15.2 Å². The largest absolute Gasteiger partial charge is 0.497 e. The third-order valence-electron chi connectivity index (χ3n) is 3.55. The topological polar surface area (TPSA) is 100.0 Å². The Hall–Kier alpha value is -3.14. The summed E-state index contributed by atoms with van der Waals surface area (Å²) in [5, 5.41) is 27.5. The Morgan fingerprint density at radius 1 is 1.33 bits per heavy atom. The van der Waals surface area contributed by atoms with Crippen molar-refractivity contribution in [2.45, 2.75) is 26.8 Å². The molecule has 7 nitrogen and oxygen atoms in total. The fourth-order valence-electron chi connectivity index (χ4n) is 2.29. The summed E-state index contributed by atoms with van der Waals surface area (Å²) in [5.74, 6) is 0.265. The molecule has 0 saturated carbocycles. The van der Waals surface area contributed by atoms with Crippen molar-refractivity contribution >= 4 is 11.4 Å². The molecule has 0 aliphatic carbocycles. The molecule has 0 aliphatic rings. The van der Waals surface area contributed by atoms with Crippen LogP contribution in [0.15, 0.2) is 39.3 Å². The van der Waals surface area contributed by atoms with E-state index in [0.29, 0.717) is 17.0 Å². The molecule has 0 amide bonds. The van der Waals surface area contributed by atoms with Gasteiger partial charge in [0.25, 0.3) is 5.56 Å². The highest BCUT2D eigenvalue weighted by molar-refractivity contribution is 5.57. The molecule has 2 rings (SSSR count). The van der Waals surface area contributed by atoms with Gasteiger partial charge in [-0.25, -0.2) is 0 Å². The van der Waals surface area contributed by atoms with Crippen LogP contribution in [0.5, 0.6) is 11.6 Å². The molecule has 0 unspecified atom stereocenters. The second-order valence-corrected chi connectivity index (χ2v) is 5.45. The minimum atomic E-state index is -0.495. The number of aromatic nitrogens is 1. The van der Waals surface area contributed by atoms with E-state index < -0.39 is 5.56 Å². The molecule has 1 aromatic carbocycles. The maximum Gasteiger partial charge on any atom is 0.281 e. The second-order valence-electron chi connectivity index (χ2n) is 5.45. The summed E-state index contributed by atoms with van der Waals surface area (Å²) in [7, 11) is 1.54. The minimum absolute atomic E-state index is 0.0166. The van der Waals surface area contributed by atoms with E-state index in [1.54, 1.807) is 52.1 Å². The molecule has 24 heavy (non-hydrogen) atoms. The first-order valence-electron chi connectivity index (χ1n) is 7.34. The molecule has 0 spiro atoms. The molecule has 1 aromatic heterocycles. The van der Waals surface area contributed by atoms with Gasteiger partial charge in [0.05, 0.1) is 12.8 Å². The van der Waals surface area contributed by atoms with Crippen molar-refractivity contribution in [2.24, 2.45) is 10.2 Å². The average Bonchev–Trinajstić information content (AvgIpc) is 2.55. The zero-order valence-corrected chi connectivity index (χ0v) is 13.9. The Morgan fingerprint density at radius 3 is 2.62 bits per heavy atom. The number of ether oxygens (including phenoxy) is 1. The predicted molar refractivity (Wildman–Crippen MR) is 89.4 cm³/mol. The van der Waals surface area contributed by atoms with Gasteiger partial charge in [-0.15, -0.1) is 5.11 Å². The summed E-state index contributed by atoms with van der Waals surface area (Å²) >= 11 is 0. The van der Waals surface area contributed by atoms with Gasteiger partial charge in [-0.05, 0) is 32.9 Å². The Labute approximate surface area is 139 Å². The van der Waals surface area contributed by atoms with Crippen LogP contribution in [0.4, 0.5) is 11.4 Å². The van der Waals surface area contributed by atoms with E-state index >= 15 is 0 Å². The highest BCUT2D eigenvalue weighted by atomic mass is 16.5. The number of benzene rings is 1. The quantitative estimate of drug-likeness (QED) is 0.865. The summed E-state index contributed by atoms with van der Waals surface area (Å²) in [6, 6.07) is 8.50. The lowest BCUT2D eigenvalue weighted by Crippen LogP contribution is -2.23. The van der Waals surface area contributed by atoms with Crippen molar-refractivity contribution in [1.82, 2.24) is 4.57 Å². The third-order valence-corrected chi connectivity index (χ3v) is 3.55. The van der Waals surface area contributed by atoms with E-state index in [0.717, 1.165) is 4.57 Å². The Balaban J connectivity index is 2.62. The molecule has 0 fully saturated rings. The van der Waals surface area contributed by atoms with Crippen molar-refractivity contribution in [3.8, 4) is 17.7 Å². The summed E-state index contributed by atoms with van der Waals surface area (Å²) in [6.07, 6.45) is 0. The zero-order valence-electron chi connectivity index (χ0n) is 13.9. The molecule has 2 aromatic rings. The van der Waals surface area contributed by atoms with Crippen molar-refractivity contribution in [3.63, 3.8) is 0 Å². The standard InChI is InChI=1S/C17H18N4O3/c1-10(2)21-16(22)14(9-18)11(3)15(17(21)23)20-19-12-6-5-7-13(8-12)24-4/h5-8,10,22H,1-4H3. The van der Waals surface area contributed by atoms with E-state index in [1.807, 2.05) is 6.07 Å². The molecular formula is C17H18N4O3. The summed E-state index contributed by atoms with van der Waals surface area (Å²) in [4.78, 5) is 12.6. The van der Waals surface area contributed by atoms with Gasteiger partial charge in [0.15, 0.2) is 5.69 Å². The highest BCUT2D eigenvalue weighted by Gasteiger charge is 2.20. The Bertz CT molecular complexity index is 892. The maximum absolute atomic E-state index is 12.6. The molecule has 0 atom stereocenters. The first-order chi connectivity index (χ1) is 11.4. The van der Waals surface area contributed by atoms with E-state index in [2.05, 4.69) is 10.2 Å². The number of azo groups is 1. The number of hydrogen-bond acceptors (Lipinski definition) is 6. The summed E-state index contributed by atoms with van der Waals surface area (Å²) < 4.78 is 6.24. The van der Waals surface area contributed by atoms with Crippen molar-refractivity contribution in [2.75, 3.05) is 7.11 Å². The molecule has 1 heterocycles. The van der Waals surface area contributed by atoms with Crippen molar-refractivity contribution in [1.29, 1.82) is 5.26 Å². The zero-order chi connectivity index (χ0) is 17.9. The van der Waals surface area contributed by atoms with Crippen LogP contribution in [0.25, 0.3) is 0 Å². The molecule has 1 N–H and O–H groups in total. The van der Waals surface area contributed by atoms with E-state index in [1.165, 1.54) is 0 Å². The number of rotatable bonds is 4. The van der Waals surface area contributed by atoms with Crippen LogP contribution in [0.1, 0.15) is 31.0 Å². The van der Waals surface area contributed by atoms with Gasteiger partial charge in [0, 0.05) is 17.7 Å². The van der Waals surface area contributed by atoms with E-state index in [4.69, 9.17) is 4.74 Å². The molecule has 0 saturated heterocycles. The second kappa shape index (κ2) is 6.96. The fraction of sp³-hybridized carbons (Fsp3) is 0.294. The lowest BCUT2D eigenvalue weighted by Gasteiger charge is -2.15. The number of hydrogen-bond donors (Lipinski definition) is 1. The summed E-state index contributed by atoms with van der Waals surface area (Å²) in [6.45, 7) is 5.03. The monoisotopic (exact) mass is 326 g/mol. The third kappa shape index (κ3) is 3.13. The Morgan fingerprint density at radius 2 is 2.04 bits per heavy atom. The van der Waals surface area contributed by atoms with Crippen LogP contribution in [0, 0.1) is 18.3 Å². The van der Waals surface area contributed by atoms with Gasteiger partial charge in [-0.2, -0.15) is 10.4 Å². The number of pyridine rings is 1. The SMILES string of the molecule is COc1cccc(N=Nc2c(C)c(C#N)c(O)n(C(C)C)c2=O)c1. The fourth-order valence-corrected chi connectivity index (χ4v) is 2.29. The first-order valence-corrected chi connectivity index (χ1v) is 7.34. The van der Waals surface area contributed by atoms with Crippen LogP contribution in [0.2, 0.25) is 0 Å². The predicted octanol–water partition coefficient (Wildman–Crippen LogP) is 3.74. The molecule has 0 radical (unpaired) electrons. The Kier molecular flexibility index (Phi) is 4.99. The molecule has 0 aliphatic heterocycles. The maximum atomic E-state index is 12.6. The van der Waals surface area contributed by atoms with Gasteiger partial charge in [-0.3, -0.25) is 9.36 Å². The van der Waals surface area contributed by atoms with Crippen LogP contribution in [0.3, 0.4) is 0 Å².